The van der Waals surface area contributed by atoms with Gasteiger partial charge in [0.1, 0.15) is 5.69 Å². The fourth-order valence-corrected chi connectivity index (χ4v) is 2.40. The number of amides is 1. The molecule has 2 aromatic rings. The van der Waals surface area contributed by atoms with E-state index in [9.17, 15) is 10.0 Å². The number of nitrogens with zero attached hydrogens (tertiary/aromatic N) is 2. The van der Waals surface area contributed by atoms with E-state index < -0.39 is 5.91 Å². The van der Waals surface area contributed by atoms with Gasteiger partial charge < -0.3 is 0 Å². The zero-order chi connectivity index (χ0) is 14.7. The van der Waals surface area contributed by atoms with Crippen molar-refractivity contribution < 1.29 is 10.0 Å². The van der Waals surface area contributed by atoms with E-state index >= 15 is 0 Å². The minimum absolute atomic E-state index is 0.151. The number of allylic oxidation sites excluding steroid dienone is 1. The standard InChI is InChI=1S/C17H16N2O2/c20-17(19(21)12-13-6-2-1-3-7-13)16-10-14-8-4-5-9-15(14)11-18-16/h1-3,5-7,9-11,21H,4,8,12H2. The van der Waals surface area contributed by atoms with Crippen molar-refractivity contribution in [1.29, 1.82) is 0 Å². The van der Waals surface area contributed by atoms with Gasteiger partial charge in [0.25, 0.3) is 5.91 Å². The molecule has 1 amide bonds. The van der Waals surface area contributed by atoms with Crippen LogP contribution in [0.2, 0.25) is 0 Å². The van der Waals surface area contributed by atoms with E-state index in [-0.39, 0.29) is 12.2 Å². The van der Waals surface area contributed by atoms with Gasteiger partial charge in [-0.2, -0.15) is 0 Å². The molecule has 1 N–H and O–H groups in total. The molecule has 0 radical (unpaired) electrons. The molecule has 4 heteroatoms. The normalized spacial score (nSPS) is 12.8. The third-order valence-corrected chi connectivity index (χ3v) is 3.53. The van der Waals surface area contributed by atoms with Crippen LogP contribution in [0, 0.1) is 0 Å². The van der Waals surface area contributed by atoms with Crippen molar-refractivity contribution in [3.05, 3.63) is 71.1 Å². The van der Waals surface area contributed by atoms with Gasteiger partial charge in [0.2, 0.25) is 0 Å². The highest BCUT2D eigenvalue weighted by Gasteiger charge is 2.17. The van der Waals surface area contributed by atoms with Crippen molar-refractivity contribution in [1.82, 2.24) is 10.0 Å². The smallest absolute Gasteiger partial charge is 0.285 e. The average molecular weight is 280 g/mol. The molecule has 1 aliphatic carbocycles. The molecular weight excluding hydrogens is 264 g/mol. The summed E-state index contributed by atoms with van der Waals surface area (Å²) in [5.74, 6) is -0.476. The van der Waals surface area contributed by atoms with Crippen LogP contribution < -0.4 is 0 Å². The van der Waals surface area contributed by atoms with Crippen molar-refractivity contribution in [2.75, 3.05) is 0 Å². The third-order valence-electron chi connectivity index (χ3n) is 3.53. The number of fused-ring (bicyclic) bond motifs is 1. The van der Waals surface area contributed by atoms with Crippen molar-refractivity contribution in [3.63, 3.8) is 0 Å². The van der Waals surface area contributed by atoms with Crippen LogP contribution in [0.5, 0.6) is 0 Å². The SMILES string of the molecule is O=C(c1cc2c(cn1)C=CCC2)N(O)Cc1ccccc1. The van der Waals surface area contributed by atoms with E-state index in [2.05, 4.69) is 11.1 Å². The minimum atomic E-state index is -0.476. The second kappa shape index (κ2) is 5.89. The molecule has 0 bridgehead atoms. The van der Waals surface area contributed by atoms with E-state index in [0.717, 1.165) is 29.5 Å². The van der Waals surface area contributed by atoms with Crippen molar-refractivity contribution in [2.45, 2.75) is 19.4 Å². The van der Waals surface area contributed by atoms with E-state index in [0.29, 0.717) is 5.06 Å². The predicted molar refractivity (Wildman–Crippen MR) is 79.7 cm³/mol. The lowest BCUT2D eigenvalue weighted by Gasteiger charge is -2.16. The molecule has 1 aliphatic rings. The number of rotatable bonds is 3. The first kappa shape index (κ1) is 13.5. The molecule has 1 aromatic heterocycles. The monoisotopic (exact) mass is 280 g/mol. The number of aromatic nitrogens is 1. The zero-order valence-electron chi connectivity index (χ0n) is 11.6. The average Bonchev–Trinajstić information content (AvgIpc) is 2.54. The maximum Gasteiger partial charge on any atom is 0.296 e. The Morgan fingerprint density at radius 2 is 2.10 bits per heavy atom. The van der Waals surface area contributed by atoms with Crippen molar-refractivity contribution in [3.8, 4) is 0 Å². The lowest BCUT2D eigenvalue weighted by molar-refractivity contribution is -0.0652. The first-order chi connectivity index (χ1) is 10.2. The highest BCUT2D eigenvalue weighted by Crippen LogP contribution is 2.19. The maximum absolute atomic E-state index is 12.2. The van der Waals surface area contributed by atoms with Crippen LogP contribution in [0.4, 0.5) is 0 Å². The highest BCUT2D eigenvalue weighted by atomic mass is 16.5. The van der Waals surface area contributed by atoms with Crippen LogP contribution in [0.15, 0.2) is 48.7 Å². The number of hydrogen-bond donors (Lipinski definition) is 1. The number of aryl methyl sites for hydroxylation is 1. The molecular formula is C17H16N2O2. The van der Waals surface area contributed by atoms with Gasteiger partial charge in [0.15, 0.2) is 0 Å². The number of carbonyl (C=O) groups is 1. The Balaban J connectivity index is 1.77. The molecule has 21 heavy (non-hydrogen) atoms. The summed E-state index contributed by atoms with van der Waals surface area (Å²) in [7, 11) is 0. The van der Waals surface area contributed by atoms with Gasteiger partial charge in [-0.3, -0.25) is 15.0 Å². The molecule has 0 unspecified atom stereocenters. The Morgan fingerprint density at radius 1 is 1.29 bits per heavy atom. The van der Waals surface area contributed by atoms with Gasteiger partial charge in [0, 0.05) is 6.20 Å². The quantitative estimate of drug-likeness (QED) is 0.694. The molecule has 106 valence electrons. The third kappa shape index (κ3) is 3.01. The van der Waals surface area contributed by atoms with Crippen molar-refractivity contribution >= 4 is 12.0 Å². The van der Waals surface area contributed by atoms with E-state index in [1.54, 1.807) is 12.3 Å². The summed E-state index contributed by atoms with van der Waals surface area (Å²) < 4.78 is 0. The molecule has 0 spiro atoms. The Bertz CT molecular complexity index is 680. The van der Waals surface area contributed by atoms with Crippen LogP contribution in [0.3, 0.4) is 0 Å². The first-order valence-electron chi connectivity index (χ1n) is 6.94. The molecule has 4 nitrogen and oxygen atoms in total. The fraction of sp³-hybridized carbons (Fsp3) is 0.176. The summed E-state index contributed by atoms with van der Waals surface area (Å²) in [5.41, 5.74) is 3.30. The number of hydrogen-bond acceptors (Lipinski definition) is 3. The van der Waals surface area contributed by atoms with Gasteiger partial charge in [-0.25, -0.2) is 5.06 Å². The van der Waals surface area contributed by atoms with E-state index in [4.69, 9.17) is 0 Å². The summed E-state index contributed by atoms with van der Waals surface area (Å²) in [6.45, 7) is 0.151. The topological polar surface area (TPSA) is 53.4 Å². The fourth-order valence-electron chi connectivity index (χ4n) is 2.40. The Kier molecular flexibility index (Phi) is 3.79. The van der Waals surface area contributed by atoms with Crippen LogP contribution in [0.1, 0.15) is 33.6 Å². The van der Waals surface area contributed by atoms with Gasteiger partial charge in [0.05, 0.1) is 6.54 Å². The zero-order valence-corrected chi connectivity index (χ0v) is 11.6. The molecule has 0 atom stereocenters. The predicted octanol–water partition coefficient (Wildman–Crippen LogP) is 3.07. The number of hydroxylamine groups is 2. The number of carbonyl (C=O) groups excluding carboxylic acids is 1. The van der Waals surface area contributed by atoms with Gasteiger partial charge >= 0.3 is 0 Å². The van der Waals surface area contributed by atoms with Gasteiger partial charge in [-0.1, -0.05) is 42.5 Å². The number of pyridine rings is 1. The Labute approximate surface area is 123 Å². The minimum Gasteiger partial charge on any atom is -0.285 e. The summed E-state index contributed by atoms with van der Waals surface area (Å²) >= 11 is 0. The molecule has 0 fully saturated rings. The lowest BCUT2D eigenvalue weighted by atomic mass is 9.98. The molecule has 1 aromatic carbocycles. The highest BCUT2D eigenvalue weighted by molar-refractivity contribution is 5.91. The van der Waals surface area contributed by atoms with E-state index in [1.807, 2.05) is 36.4 Å². The first-order valence-corrected chi connectivity index (χ1v) is 6.94. The number of benzene rings is 1. The maximum atomic E-state index is 12.2. The second-order valence-electron chi connectivity index (χ2n) is 5.06. The molecule has 0 aliphatic heterocycles. The lowest BCUT2D eigenvalue weighted by Crippen LogP contribution is -2.28. The molecule has 0 saturated carbocycles. The largest absolute Gasteiger partial charge is 0.296 e. The van der Waals surface area contributed by atoms with Crippen LogP contribution in [0.25, 0.3) is 6.08 Å². The Morgan fingerprint density at radius 3 is 2.90 bits per heavy atom. The molecule has 0 saturated heterocycles. The van der Waals surface area contributed by atoms with Crippen LogP contribution in [-0.2, 0) is 13.0 Å². The Hall–Kier alpha value is -2.46. The summed E-state index contributed by atoms with van der Waals surface area (Å²) in [6.07, 6.45) is 7.67. The molecule has 3 rings (SSSR count). The van der Waals surface area contributed by atoms with Gasteiger partial charge in [-0.05, 0) is 35.6 Å². The van der Waals surface area contributed by atoms with Crippen molar-refractivity contribution in [2.24, 2.45) is 0 Å². The van der Waals surface area contributed by atoms with Crippen LogP contribution >= 0.6 is 0 Å². The van der Waals surface area contributed by atoms with Crippen LogP contribution in [-0.4, -0.2) is 21.2 Å². The summed E-state index contributed by atoms with van der Waals surface area (Å²) in [4.78, 5) is 16.4. The van der Waals surface area contributed by atoms with Gasteiger partial charge in [-0.15, -0.1) is 0 Å². The summed E-state index contributed by atoms with van der Waals surface area (Å²) in [6, 6.07) is 11.1. The second-order valence-corrected chi connectivity index (χ2v) is 5.06. The molecule has 1 heterocycles. The van der Waals surface area contributed by atoms with E-state index in [1.165, 1.54) is 0 Å². The summed E-state index contributed by atoms with van der Waals surface area (Å²) in [5, 5.41) is 10.7.